The molecule has 0 amide bonds. The summed E-state index contributed by atoms with van der Waals surface area (Å²) in [5.41, 5.74) is 2.27. The number of benzene rings is 2. The lowest BCUT2D eigenvalue weighted by atomic mass is 9.85. The second-order valence-corrected chi connectivity index (χ2v) is 11.9. The molecule has 4 aromatic rings. The average molecular weight is 591 g/mol. The van der Waals surface area contributed by atoms with Crippen LogP contribution in [0, 0.1) is 5.82 Å². The van der Waals surface area contributed by atoms with Gasteiger partial charge in [0.2, 0.25) is 0 Å². The topological polar surface area (TPSA) is 94.7 Å². The number of methoxy groups -OCH3 is 1. The summed E-state index contributed by atoms with van der Waals surface area (Å²) in [4.78, 5) is 16.5. The van der Waals surface area contributed by atoms with Crippen LogP contribution in [0.5, 0.6) is 0 Å². The molecule has 0 radical (unpaired) electrons. The Bertz CT molecular complexity index is 1540. The van der Waals surface area contributed by atoms with Crippen molar-refractivity contribution in [2.24, 2.45) is 0 Å². The highest BCUT2D eigenvalue weighted by molar-refractivity contribution is 7.18. The van der Waals surface area contributed by atoms with Crippen molar-refractivity contribution in [1.82, 2.24) is 10.1 Å². The van der Waals surface area contributed by atoms with Crippen LogP contribution < -0.4 is 0 Å². The van der Waals surface area contributed by atoms with Crippen LogP contribution in [0.4, 0.5) is 4.39 Å². The molecular weight excluding hydrogens is 566 g/mol. The molecule has 0 saturated heterocycles. The van der Waals surface area contributed by atoms with Crippen LogP contribution in [0.15, 0.2) is 34.9 Å². The van der Waals surface area contributed by atoms with E-state index < -0.39 is 17.6 Å². The van der Waals surface area contributed by atoms with Crippen molar-refractivity contribution in [1.29, 1.82) is 0 Å². The first kappa shape index (κ1) is 26.7. The van der Waals surface area contributed by atoms with Crippen LogP contribution in [0.1, 0.15) is 77.1 Å². The number of carbonyl (C=O) groups is 1. The summed E-state index contributed by atoms with van der Waals surface area (Å²) in [6.07, 6.45) is 4.01. The highest BCUT2D eigenvalue weighted by Gasteiger charge is 2.38. The van der Waals surface area contributed by atoms with Crippen LogP contribution in [-0.4, -0.2) is 34.1 Å². The van der Waals surface area contributed by atoms with Crippen LogP contribution in [0.2, 0.25) is 10.0 Å². The van der Waals surface area contributed by atoms with Crippen molar-refractivity contribution >= 4 is 50.7 Å². The van der Waals surface area contributed by atoms with Crippen molar-refractivity contribution in [3.63, 3.8) is 0 Å². The van der Waals surface area contributed by atoms with E-state index in [0.29, 0.717) is 57.2 Å². The van der Waals surface area contributed by atoms with Gasteiger partial charge in [0.15, 0.2) is 11.6 Å². The number of thiazole rings is 1. The summed E-state index contributed by atoms with van der Waals surface area (Å²) in [5, 5.41) is 17.3. The number of carbonyl (C=O) groups excluding carboxylic acids is 1. The summed E-state index contributed by atoms with van der Waals surface area (Å²) in [5.74, 6) is -1.61. The number of fused-ring (bicyclic) bond motifs is 1. The second kappa shape index (κ2) is 10.4. The zero-order valence-corrected chi connectivity index (χ0v) is 23.3. The number of ether oxygens (including phenoxy) is 2. The molecule has 0 atom stereocenters. The first-order chi connectivity index (χ1) is 18.8. The SMILES string of the molecule is COC(=O)c1ccc2nc([C@H]3CC[C@](O)(OCc4c(-c5c(Cl)cccc5Cl)noc4C4CC4)CC3)sc2c1F. The molecule has 0 aliphatic heterocycles. The Balaban J connectivity index is 1.18. The lowest BCUT2D eigenvalue weighted by molar-refractivity contribution is -0.229. The molecule has 2 saturated carbocycles. The molecule has 204 valence electrons. The summed E-state index contributed by atoms with van der Waals surface area (Å²) in [6, 6.07) is 8.29. The zero-order chi connectivity index (χ0) is 27.3. The Morgan fingerprint density at radius 1 is 1.15 bits per heavy atom. The molecule has 2 aliphatic carbocycles. The second-order valence-electron chi connectivity index (χ2n) is 10.1. The molecule has 0 spiro atoms. The predicted octanol–water partition coefficient (Wildman–Crippen LogP) is 7.62. The molecule has 2 fully saturated rings. The predicted molar refractivity (Wildman–Crippen MR) is 146 cm³/mol. The van der Waals surface area contributed by atoms with Crippen LogP contribution >= 0.6 is 34.5 Å². The molecule has 0 bridgehead atoms. The number of rotatable bonds is 7. The third kappa shape index (κ3) is 5.07. The Labute approximate surface area is 237 Å². The van der Waals surface area contributed by atoms with Crippen molar-refractivity contribution < 1.29 is 28.3 Å². The lowest BCUT2D eigenvalue weighted by Gasteiger charge is -2.35. The maximum atomic E-state index is 14.9. The monoisotopic (exact) mass is 590 g/mol. The molecule has 0 unspecified atom stereocenters. The molecule has 1 N–H and O–H groups in total. The fourth-order valence-electron chi connectivity index (χ4n) is 5.13. The molecular formula is C28H25Cl2FN2O5S. The molecule has 2 aliphatic rings. The molecule has 39 heavy (non-hydrogen) atoms. The van der Waals surface area contributed by atoms with Gasteiger partial charge in [0.25, 0.3) is 0 Å². The van der Waals surface area contributed by atoms with Gasteiger partial charge < -0.3 is 19.1 Å². The van der Waals surface area contributed by atoms with Crippen molar-refractivity contribution in [2.45, 2.75) is 62.8 Å². The van der Waals surface area contributed by atoms with Crippen molar-refractivity contribution in [3.8, 4) is 11.3 Å². The zero-order valence-electron chi connectivity index (χ0n) is 21.0. The van der Waals surface area contributed by atoms with Gasteiger partial charge in [0, 0.05) is 35.8 Å². The van der Waals surface area contributed by atoms with Crippen LogP contribution in [0.25, 0.3) is 21.5 Å². The first-order valence-electron chi connectivity index (χ1n) is 12.7. The molecule has 11 heteroatoms. The Morgan fingerprint density at radius 3 is 2.54 bits per heavy atom. The number of nitrogens with zero attached hydrogens (tertiary/aromatic N) is 2. The highest BCUT2D eigenvalue weighted by Crippen LogP contribution is 2.47. The van der Waals surface area contributed by atoms with E-state index in [-0.39, 0.29) is 24.0 Å². The average Bonchev–Trinajstić information content (AvgIpc) is 3.53. The van der Waals surface area contributed by atoms with E-state index in [0.717, 1.165) is 29.2 Å². The molecule has 2 aromatic carbocycles. The molecule has 2 aromatic heterocycles. The molecule has 2 heterocycles. The lowest BCUT2D eigenvalue weighted by Crippen LogP contribution is -2.36. The minimum Gasteiger partial charge on any atom is -0.465 e. The third-order valence-electron chi connectivity index (χ3n) is 7.49. The fraction of sp³-hybridized carbons (Fsp3) is 0.393. The molecule has 7 nitrogen and oxygen atoms in total. The normalized spacial score (nSPS) is 21.4. The quantitative estimate of drug-likeness (QED) is 0.175. The number of halogens is 3. The van der Waals surface area contributed by atoms with Crippen molar-refractivity contribution in [2.75, 3.05) is 7.11 Å². The van der Waals surface area contributed by atoms with Gasteiger partial charge >= 0.3 is 5.97 Å². The number of aromatic nitrogens is 2. The van der Waals surface area contributed by atoms with Gasteiger partial charge in [-0.15, -0.1) is 11.3 Å². The van der Waals surface area contributed by atoms with Gasteiger partial charge in [0.05, 0.1) is 44.5 Å². The maximum Gasteiger partial charge on any atom is 0.340 e. The summed E-state index contributed by atoms with van der Waals surface area (Å²) in [6.45, 7) is 0.107. The smallest absolute Gasteiger partial charge is 0.340 e. The van der Waals surface area contributed by atoms with Gasteiger partial charge in [-0.05, 0) is 49.9 Å². The number of esters is 1. The third-order valence-corrected chi connectivity index (χ3v) is 9.34. The Morgan fingerprint density at radius 2 is 1.87 bits per heavy atom. The first-order valence-corrected chi connectivity index (χ1v) is 14.3. The standard InChI is InChI=1S/C28H25Cl2FN2O5S/c1-36-27(34)16-7-8-20-25(22(16)31)39-26(32-20)15-9-11-28(35,12-10-15)37-13-17-23(33-38-24(17)14-5-6-14)21-18(29)3-2-4-19(21)30/h2-4,7-8,14-15,35H,5-6,9-13H2,1H3/t15-,28-. The maximum absolute atomic E-state index is 14.9. The van der Waals surface area contributed by atoms with E-state index in [1.54, 1.807) is 24.3 Å². The van der Waals surface area contributed by atoms with E-state index in [1.165, 1.54) is 24.5 Å². The Kier molecular flexibility index (Phi) is 7.14. The van der Waals surface area contributed by atoms with E-state index in [1.807, 2.05) is 0 Å². The minimum absolute atomic E-state index is 0.0439. The largest absolute Gasteiger partial charge is 0.465 e. The van der Waals surface area contributed by atoms with E-state index in [2.05, 4.69) is 14.9 Å². The van der Waals surface area contributed by atoms with Gasteiger partial charge in [0.1, 0.15) is 11.5 Å². The van der Waals surface area contributed by atoms with Gasteiger partial charge in [-0.1, -0.05) is 34.4 Å². The van der Waals surface area contributed by atoms with E-state index in [9.17, 15) is 14.3 Å². The van der Waals surface area contributed by atoms with Gasteiger partial charge in [-0.2, -0.15) is 0 Å². The van der Waals surface area contributed by atoms with Crippen molar-refractivity contribution in [3.05, 3.63) is 68.1 Å². The summed E-state index contributed by atoms with van der Waals surface area (Å²) < 4.78 is 31.8. The number of hydrogen-bond donors (Lipinski definition) is 1. The van der Waals surface area contributed by atoms with E-state index in [4.69, 9.17) is 32.5 Å². The summed E-state index contributed by atoms with van der Waals surface area (Å²) >= 11 is 14.1. The summed E-state index contributed by atoms with van der Waals surface area (Å²) in [7, 11) is 1.22. The minimum atomic E-state index is -1.34. The van der Waals surface area contributed by atoms with Crippen LogP contribution in [-0.2, 0) is 16.1 Å². The fourth-order valence-corrected chi connectivity index (χ4v) is 6.88. The highest BCUT2D eigenvalue weighted by atomic mass is 35.5. The Hall–Kier alpha value is -2.56. The number of hydrogen-bond acceptors (Lipinski definition) is 8. The van der Waals surface area contributed by atoms with Gasteiger partial charge in [-0.3, -0.25) is 0 Å². The molecule has 6 rings (SSSR count). The van der Waals surface area contributed by atoms with E-state index >= 15 is 0 Å². The van der Waals surface area contributed by atoms with Gasteiger partial charge in [-0.25, -0.2) is 14.2 Å². The van der Waals surface area contributed by atoms with Crippen LogP contribution in [0.3, 0.4) is 0 Å². The number of aliphatic hydroxyl groups is 1.